The Bertz CT molecular complexity index is 755. The van der Waals surface area contributed by atoms with Gasteiger partial charge in [0, 0.05) is 32.2 Å². The number of hydrogen-bond acceptors (Lipinski definition) is 4. The fourth-order valence-corrected chi connectivity index (χ4v) is 5.08. The summed E-state index contributed by atoms with van der Waals surface area (Å²) in [6.07, 6.45) is 4.03. The van der Waals surface area contributed by atoms with Gasteiger partial charge in [0.25, 0.3) is 0 Å². The third-order valence-electron chi connectivity index (χ3n) is 5.43. The van der Waals surface area contributed by atoms with Crippen LogP contribution in [0.3, 0.4) is 0 Å². The zero-order chi connectivity index (χ0) is 18.7. The largest absolute Gasteiger partial charge is 0.353 e. The number of benzene rings is 1. The van der Waals surface area contributed by atoms with Gasteiger partial charge in [-0.1, -0.05) is 13.0 Å². The molecule has 1 fully saturated rings. The first-order valence-electron chi connectivity index (χ1n) is 9.54. The van der Waals surface area contributed by atoms with E-state index in [0.29, 0.717) is 37.6 Å². The Morgan fingerprint density at radius 1 is 1.15 bits per heavy atom. The molecular formula is C19H29N3O3S. The zero-order valence-corrected chi connectivity index (χ0v) is 16.5. The van der Waals surface area contributed by atoms with Crippen LogP contribution in [0.4, 0.5) is 0 Å². The van der Waals surface area contributed by atoms with Crippen LogP contribution < -0.4 is 5.32 Å². The molecule has 26 heavy (non-hydrogen) atoms. The van der Waals surface area contributed by atoms with Gasteiger partial charge >= 0.3 is 0 Å². The maximum absolute atomic E-state index is 12.9. The van der Waals surface area contributed by atoms with E-state index in [1.807, 2.05) is 30.9 Å². The smallest absolute Gasteiger partial charge is 0.243 e. The molecule has 0 aromatic heterocycles. The molecule has 0 unspecified atom stereocenters. The van der Waals surface area contributed by atoms with Crippen molar-refractivity contribution in [2.75, 3.05) is 32.7 Å². The molecule has 0 radical (unpaired) electrons. The van der Waals surface area contributed by atoms with Gasteiger partial charge in [0.15, 0.2) is 0 Å². The van der Waals surface area contributed by atoms with Crippen molar-refractivity contribution in [3.05, 3.63) is 29.3 Å². The van der Waals surface area contributed by atoms with Gasteiger partial charge in [0.05, 0.1) is 11.4 Å². The SMILES string of the molecule is CC[C@H](C)NC(=O)CN1CCN(S(=O)(=O)c2ccc3c(c2)CCC3)CC1. The lowest BCUT2D eigenvalue weighted by atomic mass is 10.1. The normalized spacial score (nSPS) is 19.9. The molecule has 6 nitrogen and oxygen atoms in total. The van der Waals surface area contributed by atoms with E-state index < -0.39 is 10.0 Å². The summed E-state index contributed by atoms with van der Waals surface area (Å²) < 4.78 is 27.4. The van der Waals surface area contributed by atoms with Crippen molar-refractivity contribution in [1.29, 1.82) is 0 Å². The summed E-state index contributed by atoms with van der Waals surface area (Å²) in [4.78, 5) is 14.4. The summed E-state index contributed by atoms with van der Waals surface area (Å²) >= 11 is 0. The third-order valence-corrected chi connectivity index (χ3v) is 7.32. The number of fused-ring (bicyclic) bond motifs is 1. The molecule has 7 heteroatoms. The Labute approximate surface area is 156 Å². The Kier molecular flexibility index (Phi) is 5.99. The first-order chi connectivity index (χ1) is 12.4. The minimum atomic E-state index is -3.45. The van der Waals surface area contributed by atoms with Crippen molar-refractivity contribution in [2.45, 2.75) is 50.5 Å². The number of carbonyl (C=O) groups is 1. The first-order valence-corrected chi connectivity index (χ1v) is 11.0. The topological polar surface area (TPSA) is 69.7 Å². The summed E-state index contributed by atoms with van der Waals surface area (Å²) in [7, 11) is -3.45. The summed E-state index contributed by atoms with van der Waals surface area (Å²) in [5.74, 6) is 0.00859. The van der Waals surface area contributed by atoms with E-state index in [1.165, 1.54) is 11.1 Å². The first kappa shape index (κ1) is 19.3. The van der Waals surface area contributed by atoms with Crippen LogP contribution in [0.5, 0.6) is 0 Å². The van der Waals surface area contributed by atoms with Gasteiger partial charge in [0.2, 0.25) is 15.9 Å². The van der Waals surface area contributed by atoms with Gasteiger partial charge in [-0.2, -0.15) is 4.31 Å². The van der Waals surface area contributed by atoms with Gasteiger partial charge < -0.3 is 5.32 Å². The number of hydrogen-bond donors (Lipinski definition) is 1. The molecule has 0 spiro atoms. The van der Waals surface area contributed by atoms with Gasteiger partial charge in [-0.25, -0.2) is 8.42 Å². The lowest BCUT2D eigenvalue weighted by Gasteiger charge is -2.33. The van der Waals surface area contributed by atoms with Crippen LogP contribution in [0, 0.1) is 0 Å². The van der Waals surface area contributed by atoms with E-state index in [0.717, 1.165) is 25.7 Å². The van der Waals surface area contributed by atoms with Crippen molar-refractivity contribution in [3.63, 3.8) is 0 Å². The quantitative estimate of drug-likeness (QED) is 0.811. The van der Waals surface area contributed by atoms with Crippen LogP contribution in [-0.2, 0) is 27.7 Å². The fraction of sp³-hybridized carbons (Fsp3) is 0.632. The number of nitrogens with zero attached hydrogens (tertiary/aromatic N) is 2. The second-order valence-electron chi connectivity index (χ2n) is 7.34. The summed E-state index contributed by atoms with van der Waals surface area (Å²) in [5.41, 5.74) is 2.45. The van der Waals surface area contributed by atoms with Gasteiger partial charge in [-0.15, -0.1) is 0 Å². The molecule has 1 amide bonds. The van der Waals surface area contributed by atoms with Crippen molar-refractivity contribution in [2.24, 2.45) is 0 Å². The molecule has 1 atom stereocenters. The summed E-state index contributed by atoms with van der Waals surface area (Å²) in [5, 5.41) is 2.96. The molecule has 144 valence electrons. The minimum absolute atomic E-state index is 0.00859. The lowest BCUT2D eigenvalue weighted by Crippen LogP contribution is -2.51. The molecule has 0 saturated carbocycles. The zero-order valence-electron chi connectivity index (χ0n) is 15.7. The number of sulfonamides is 1. The molecule has 1 aromatic carbocycles. The third kappa shape index (κ3) is 4.27. The molecule has 1 aliphatic heterocycles. The molecule has 2 aliphatic rings. The van der Waals surface area contributed by atoms with Crippen LogP contribution in [0.1, 0.15) is 37.8 Å². The van der Waals surface area contributed by atoms with E-state index in [1.54, 1.807) is 10.4 Å². The van der Waals surface area contributed by atoms with E-state index in [-0.39, 0.29) is 11.9 Å². The van der Waals surface area contributed by atoms with Crippen LogP contribution in [0.15, 0.2) is 23.1 Å². The number of rotatable bonds is 6. The number of amides is 1. The highest BCUT2D eigenvalue weighted by atomic mass is 32.2. The maximum Gasteiger partial charge on any atom is 0.243 e. The molecule has 1 aromatic rings. The molecule has 1 saturated heterocycles. The second kappa shape index (κ2) is 8.06. The molecule has 1 aliphatic carbocycles. The van der Waals surface area contributed by atoms with E-state index in [2.05, 4.69) is 5.32 Å². The predicted molar refractivity (Wildman–Crippen MR) is 102 cm³/mol. The minimum Gasteiger partial charge on any atom is -0.353 e. The van der Waals surface area contributed by atoms with Crippen LogP contribution >= 0.6 is 0 Å². The highest BCUT2D eigenvalue weighted by Crippen LogP contribution is 2.26. The maximum atomic E-state index is 12.9. The standard InChI is InChI=1S/C19H29N3O3S/c1-3-15(2)20-19(23)14-21-9-11-22(12-10-21)26(24,25)18-8-7-16-5-4-6-17(16)13-18/h7-8,13,15H,3-6,9-12,14H2,1-2H3,(H,20,23)/t15-/m0/s1. The summed E-state index contributed by atoms with van der Waals surface area (Å²) in [6, 6.07) is 5.73. The van der Waals surface area contributed by atoms with E-state index >= 15 is 0 Å². The molecular weight excluding hydrogens is 350 g/mol. The van der Waals surface area contributed by atoms with Crippen molar-refractivity contribution >= 4 is 15.9 Å². The lowest BCUT2D eigenvalue weighted by molar-refractivity contribution is -0.123. The predicted octanol–water partition coefficient (Wildman–Crippen LogP) is 1.40. The Balaban J connectivity index is 1.58. The number of nitrogens with one attached hydrogen (secondary N) is 1. The second-order valence-corrected chi connectivity index (χ2v) is 9.28. The Morgan fingerprint density at radius 2 is 1.85 bits per heavy atom. The summed E-state index contributed by atoms with van der Waals surface area (Å²) in [6.45, 7) is 6.37. The van der Waals surface area contributed by atoms with E-state index in [9.17, 15) is 13.2 Å². The molecule has 1 N–H and O–H groups in total. The average molecular weight is 380 g/mol. The number of aryl methyl sites for hydroxylation is 2. The van der Waals surface area contributed by atoms with E-state index in [4.69, 9.17) is 0 Å². The van der Waals surface area contributed by atoms with Crippen LogP contribution in [0.25, 0.3) is 0 Å². The highest BCUT2D eigenvalue weighted by molar-refractivity contribution is 7.89. The van der Waals surface area contributed by atoms with Crippen LogP contribution in [-0.4, -0.2) is 62.3 Å². The number of carbonyl (C=O) groups excluding carboxylic acids is 1. The van der Waals surface area contributed by atoms with Gasteiger partial charge in [0.1, 0.15) is 0 Å². The van der Waals surface area contributed by atoms with Gasteiger partial charge in [-0.05, 0) is 55.9 Å². The molecule has 1 heterocycles. The Hall–Kier alpha value is -1.44. The fourth-order valence-electron chi connectivity index (χ4n) is 3.61. The van der Waals surface area contributed by atoms with Crippen molar-refractivity contribution in [1.82, 2.24) is 14.5 Å². The Morgan fingerprint density at radius 3 is 2.54 bits per heavy atom. The van der Waals surface area contributed by atoms with Crippen LogP contribution in [0.2, 0.25) is 0 Å². The van der Waals surface area contributed by atoms with Gasteiger partial charge in [-0.3, -0.25) is 9.69 Å². The number of piperazine rings is 1. The highest BCUT2D eigenvalue weighted by Gasteiger charge is 2.30. The molecule has 0 bridgehead atoms. The average Bonchev–Trinajstić information content (AvgIpc) is 3.09. The van der Waals surface area contributed by atoms with Crippen molar-refractivity contribution < 1.29 is 13.2 Å². The monoisotopic (exact) mass is 379 g/mol. The van der Waals surface area contributed by atoms with Crippen molar-refractivity contribution in [3.8, 4) is 0 Å². The molecule has 3 rings (SSSR count).